The molecule has 13 heavy (non-hydrogen) atoms. The van der Waals surface area contributed by atoms with E-state index in [2.05, 4.69) is 6.92 Å². The van der Waals surface area contributed by atoms with Gasteiger partial charge in [-0.25, -0.2) is 0 Å². The lowest BCUT2D eigenvalue weighted by Crippen LogP contribution is -2.16. The first-order chi connectivity index (χ1) is 6.29. The van der Waals surface area contributed by atoms with Gasteiger partial charge in [0.25, 0.3) is 0 Å². The molecule has 0 spiro atoms. The van der Waals surface area contributed by atoms with Gasteiger partial charge in [0.15, 0.2) is 5.78 Å². The first kappa shape index (κ1) is 8.54. The van der Waals surface area contributed by atoms with Gasteiger partial charge < -0.3 is 4.42 Å². The van der Waals surface area contributed by atoms with E-state index in [1.54, 1.807) is 18.6 Å². The summed E-state index contributed by atoms with van der Waals surface area (Å²) in [7, 11) is 0. The third kappa shape index (κ3) is 1.53. The molecule has 0 bridgehead atoms. The van der Waals surface area contributed by atoms with Gasteiger partial charge in [0.2, 0.25) is 0 Å². The molecule has 1 aromatic heterocycles. The Morgan fingerprint density at radius 2 is 2.38 bits per heavy atom. The summed E-state index contributed by atoms with van der Waals surface area (Å²) < 4.78 is 4.91. The zero-order valence-corrected chi connectivity index (χ0v) is 7.82. The summed E-state index contributed by atoms with van der Waals surface area (Å²) in [6.45, 7) is 2.16. The average molecular weight is 178 g/mol. The quantitative estimate of drug-likeness (QED) is 0.652. The Hall–Kier alpha value is -1.05. The van der Waals surface area contributed by atoms with E-state index in [4.69, 9.17) is 4.42 Å². The van der Waals surface area contributed by atoms with Crippen molar-refractivity contribution in [1.82, 2.24) is 0 Å². The lowest BCUT2D eigenvalue weighted by atomic mass is 9.91. The molecule has 2 atom stereocenters. The Balaban J connectivity index is 2.13. The van der Waals surface area contributed by atoms with Gasteiger partial charge in [-0.2, -0.15) is 0 Å². The van der Waals surface area contributed by atoms with E-state index >= 15 is 0 Å². The van der Waals surface area contributed by atoms with Crippen LogP contribution in [0.3, 0.4) is 0 Å². The zero-order chi connectivity index (χ0) is 9.26. The third-order valence-corrected chi connectivity index (χ3v) is 3.00. The van der Waals surface area contributed by atoms with Crippen molar-refractivity contribution in [2.45, 2.75) is 26.2 Å². The molecule has 0 amide bonds. The summed E-state index contributed by atoms with van der Waals surface area (Å²) in [5, 5.41) is 0. The standard InChI is InChI=1S/C11H14O2/c1-8-3-2-4-10(8)11(12)9-5-6-13-7-9/h5-8,10H,2-4H2,1H3. The maximum Gasteiger partial charge on any atom is 0.169 e. The molecule has 0 aliphatic heterocycles. The minimum Gasteiger partial charge on any atom is -0.472 e. The van der Waals surface area contributed by atoms with Gasteiger partial charge in [0.05, 0.1) is 11.8 Å². The Morgan fingerprint density at radius 3 is 2.92 bits per heavy atom. The van der Waals surface area contributed by atoms with Crippen molar-refractivity contribution >= 4 is 5.78 Å². The molecule has 2 heteroatoms. The van der Waals surface area contributed by atoms with Crippen LogP contribution in [0.1, 0.15) is 36.5 Å². The predicted octanol–water partition coefficient (Wildman–Crippen LogP) is 2.90. The number of carbonyl (C=O) groups is 1. The molecule has 1 aromatic rings. The van der Waals surface area contributed by atoms with Crippen LogP contribution in [-0.4, -0.2) is 5.78 Å². The molecule has 1 saturated carbocycles. The summed E-state index contributed by atoms with van der Waals surface area (Å²) in [6, 6.07) is 1.76. The fourth-order valence-electron chi connectivity index (χ4n) is 2.15. The van der Waals surface area contributed by atoms with Gasteiger partial charge in [0.1, 0.15) is 6.26 Å². The Labute approximate surface area is 77.9 Å². The van der Waals surface area contributed by atoms with Crippen LogP contribution >= 0.6 is 0 Å². The van der Waals surface area contributed by atoms with Gasteiger partial charge in [-0.1, -0.05) is 13.3 Å². The largest absolute Gasteiger partial charge is 0.472 e. The summed E-state index contributed by atoms with van der Waals surface area (Å²) in [6.07, 6.45) is 6.54. The molecule has 1 heterocycles. The van der Waals surface area contributed by atoms with E-state index in [1.807, 2.05) is 0 Å². The monoisotopic (exact) mass is 178 g/mol. The Kier molecular flexibility index (Phi) is 2.21. The normalized spacial score (nSPS) is 27.8. The van der Waals surface area contributed by atoms with E-state index in [-0.39, 0.29) is 11.7 Å². The minimum absolute atomic E-state index is 0.234. The van der Waals surface area contributed by atoms with Crippen LogP contribution in [0.4, 0.5) is 0 Å². The first-order valence-corrected chi connectivity index (χ1v) is 4.85. The van der Waals surface area contributed by atoms with Crippen molar-refractivity contribution < 1.29 is 9.21 Å². The van der Waals surface area contributed by atoms with E-state index in [0.717, 1.165) is 12.0 Å². The lowest BCUT2D eigenvalue weighted by molar-refractivity contribution is 0.0896. The summed E-state index contributed by atoms with van der Waals surface area (Å²) in [5.74, 6) is 1.04. The molecular weight excluding hydrogens is 164 g/mol. The third-order valence-electron chi connectivity index (χ3n) is 3.00. The smallest absolute Gasteiger partial charge is 0.169 e. The summed E-state index contributed by atoms with van der Waals surface area (Å²) in [4.78, 5) is 11.9. The van der Waals surface area contributed by atoms with Crippen LogP contribution in [0.2, 0.25) is 0 Å². The molecule has 1 aliphatic carbocycles. The van der Waals surface area contributed by atoms with Crippen molar-refractivity contribution in [2.24, 2.45) is 11.8 Å². The number of rotatable bonds is 2. The number of hydrogen-bond donors (Lipinski definition) is 0. The molecule has 0 radical (unpaired) electrons. The van der Waals surface area contributed by atoms with Gasteiger partial charge in [-0.3, -0.25) is 4.79 Å². The second-order valence-corrected chi connectivity index (χ2v) is 3.89. The Morgan fingerprint density at radius 1 is 1.54 bits per heavy atom. The highest BCUT2D eigenvalue weighted by atomic mass is 16.3. The highest BCUT2D eigenvalue weighted by Gasteiger charge is 2.30. The minimum atomic E-state index is 0.234. The second-order valence-electron chi connectivity index (χ2n) is 3.89. The topological polar surface area (TPSA) is 30.2 Å². The van der Waals surface area contributed by atoms with Gasteiger partial charge >= 0.3 is 0 Å². The van der Waals surface area contributed by atoms with Crippen molar-refractivity contribution in [3.8, 4) is 0 Å². The fourth-order valence-corrected chi connectivity index (χ4v) is 2.15. The fraction of sp³-hybridized carbons (Fsp3) is 0.545. The molecule has 1 aliphatic rings. The van der Waals surface area contributed by atoms with Gasteiger partial charge in [-0.05, 0) is 24.8 Å². The maximum atomic E-state index is 11.9. The SMILES string of the molecule is CC1CCCC1C(=O)c1ccoc1. The van der Waals surface area contributed by atoms with E-state index in [9.17, 15) is 4.79 Å². The van der Waals surface area contributed by atoms with Crippen LogP contribution in [0.25, 0.3) is 0 Å². The number of hydrogen-bond acceptors (Lipinski definition) is 2. The van der Waals surface area contributed by atoms with Crippen LogP contribution < -0.4 is 0 Å². The molecule has 2 nitrogen and oxygen atoms in total. The van der Waals surface area contributed by atoms with Crippen LogP contribution in [0, 0.1) is 11.8 Å². The van der Waals surface area contributed by atoms with Crippen molar-refractivity contribution in [2.75, 3.05) is 0 Å². The number of carbonyl (C=O) groups excluding carboxylic acids is 1. The highest BCUT2D eigenvalue weighted by molar-refractivity contribution is 5.97. The van der Waals surface area contributed by atoms with Crippen LogP contribution in [0.5, 0.6) is 0 Å². The molecule has 2 unspecified atom stereocenters. The van der Waals surface area contributed by atoms with Crippen LogP contribution in [0.15, 0.2) is 23.0 Å². The van der Waals surface area contributed by atoms with Gasteiger partial charge in [-0.15, -0.1) is 0 Å². The molecular formula is C11H14O2. The Bertz CT molecular complexity index is 287. The summed E-state index contributed by atoms with van der Waals surface area (Å²) >= 11 is 0. The molecule has 0 aromatic carbocycles. The second kappa shape index (κ2) is 3.36. The predicted molar refractivity (Wildman–Crippen MR) is 49.5 cm³/mol. The zero-order valence-electron chi connectivity index (χ0n) is 7.82. The van der Waals surface area contributed by atoms with E-state index in [0.29, 0.717) is 5.92 Å². The van der Waals surface area contributed by atoms with E-state index < -0.39 is 0 Å². The molecule has 70 valence electrons. The van der Waals surface area contributed by atoms with Gasteiger partial charge in [0, 0.05) is 5.92 Å². The van der Waals surface area contributed by atoms with Crippen LogP contribution in [-0.2, 0) is 0 Å². The van der Waals surface area contributed by atoms with Crippen molar-refractivity contribution in [3.63, 3.8) is 0 Å². The number of furan rings is 1. The van der Waals surface area contributed by atoms with Crippen molar-refractivity contribution in [3.05, 3.63) is 24.2 Å². The molecule has 1 fully saturated rings. The number of ketones is 1. The average Bonchev–Trinajstić information content (AvgIpc) is 2.72. The summed E-state index contributed by atoms with van der Waals surface area (Å²) in [5.41, 5.74) is 0.735. The van der Waals surface area contributed by atoms with E-state index in [1.165, 1.54) is 12.8 Å². The maximum absolute atomic E-state index is 11.9. The lowest BCUT2D eigenvalue weighted by Gasteiger charge is -2.11. The first-order valence-electron chi connectivity index (χ1n) is 4.85. The van der Waals surface area contributed by atoms with Crippen molar-refractivity contribution in [1.29, 1.82) is 0 Å². The highest BCUT2D eigenvalue weighted by Crippen LogP contribution is 2.33. The molecule has 2 rings (SSSR count). The molecule has 0 saturated heterocycles. The number of Topliss-reactive ketones (excluding diaryl/α,β-unsaturated/α-hetero) is 1. The molecule has 0 N–H and O–H groups in total.